The van der Waals surface area contributed by atoms with Gasteiger partial charge in [0.1, 0.15) is 5.82 Å². The first-order valence-electron chi connectivity index (χ1n) is 5.62. The molecule has 0 aliphatic rings. The van der Waals surface area contributed by atoms with Gasteiger partial charge in [-0.15, -0.1) is 10.2 Å². The van der Waals surface area contributed by atoms with E-state index >= 15 is 0 Å². The molecule has 2 aromatic rings. The smallest absolute Gasteiger partial charge is 0.197 e. The maximum absolute atomic E-state index is 5.30. The molecule has 2 rings (SSSR count). The Hall–Kier alpha value is -1.14. The van der Waals surface area contributed by atoms with Crippen LogP contribution in [0.1, 0.15) is 18.4 Å². The first-order chi connectivity index (χ1) is 8.22. The fraction of sp³-hybridized carbons (Fsp3) is 0.545. The highest BCUT2D eigenvalue weighted by molar-refractivity contribution is 7.99. The molecule has 0 aliphatic carbocycles. The second-order valence-corrected chi connectivity index (χ2v) is 4.73. The average molecular weight is 252 g/mol. The van der Waals surface area contributed by atoms with Gasteiger partial charge in [0.15, 0.2) is 10.8 Å². The molecule has 0 N–H and O–H groups in total. The predicted molar refractivity (Wildman–Crippen MR) is 67.5 cm³/mol. The lowest BCUT2D eigenvalue weighted by atomic mass is 10.4. The Labute approximate surface area is 105 Å². The molecule has 2 heterocycles. The van der Waals surface area contributed by atoms with Gasteiger partial charge in [-0.25, -0.2) is 4.98 Å². The summed E-state index contributed by atoms with van der Waals surface area (Å²) >= 11 is 1.64. The van der Waals surface area contributed by atoms with Crippen LogP contribution in [0.15, 0.2) is 11.2 Å². The third-order valence-electron chi connectivity index (χ3n) is 2.32. The Kier molecular flexibility index (Phi) is 3.96. The summed E-state index contributed by atoms with van der Waals surface area (Å²) in [6, 6.07) is 1.94. The third-order valence-corrected chi connectivity index (χ3v) is 3.21. The number of rotatable bonds is 5. The molecule has 0 saturated heterocycles. The van der Waals surface area contributed by atoms with Gasteiger partial charge >= 0.3 is 0 Å². The van der Waals surface area contributed by atoms with Crippen LogP contribution in [0.3, 0.4) is 0 Å². The largest absolute Gasteiger partial charge is 0.381 e. The van der Waals surface area contributed by atoms with E-state index in [1.165, 1.54) is 0 Å². The van der Waals surface area contributed by atoms with E-state index in [4.69, 9.17) is 4.74 Å². The van der Waals surface area contributed by atoms with Crippen molar-refractivity contribution < 1.29 is 4.74 Å². The molecule has 0 fully saturated rings. The van der Waals surface area contributed by atoms with Crippen LogP contribution >= 0.6 is 11.8 Å². The van der Waals surface area contributed by atoms with Gasteiger partial charge in [-0.2, -0.15) is 0 Å². The number of aryl methyl sites for hydroxylation is 2. The van der Waals surface area contributed by atoms with Crippen LogP contribution in [0.4, 0.5) is 0 Å². The lowest BCUT2D eigenvalue weighted by Crippen LogP contribution is -2.01. The van der Waals surface area contributed by atoms with E-state index in [-0.39, 0.29) is 0 Å². The van der Waals surface area contributed by atoms with Crippen molar-refractivity contribution >= 4 is 17.4 Å². The molecule has 0 spiro atoms. The lowest BCUT2D eigenvalue weighted by Gasteiger charge is -2.03. The number of thioether (sulfide) groups is 1. The number of hydrogen-bond acceptors (Lipinski definition) is 5. The third kappa shape index (κ3) is 2.76. The van der Waals surface area contributed by atoms with Crippen molar-refractivity contribution in [3.05, 3.63) is 17.6 Å². The topological polar surface area (TPSA) is 52.3 Å². The number of ether oxygens (including phenoxy) is 1. The van der Waals surface area contributed by atoms with Gasteiger partial charge in [-0.05, 0) is 20.8 Å². The molecule has 92 valence electrons. The van der Waals surface area contributed by atoms with Crippen molar-refractivity contribution in [1.82, 2.24) is 19.6 Å². The Morgan fingerprint density at radius 3 is 2.94 bits per heavy atom. The molecular weight excluding hydrogens is 236 g/mol. The van der Waals surface area contributed by atoms with Crippen LogP contribution in [0.5, 0.6) is 0 Å². The second kappa shape index (κ2) is 5.46. The molecule has 0 unspecified atom stereocenters. The normalized spacial score (nSPS) is 11.2. The van der Waals surface area contributed by atoms with Crippen LogP contribution in [0.2, 0.25) is 0 Å². The van der Waals surface area contributed by atoms with Crippen molar-refractivity contribution in [2.45, 2.75) is 25.9 Å². The van der Waals surface area contributed by atoms with Gasteiger partial charge in [-0.1, -0.05) is 11.8 Å². The van der Waals surface area contributed by atoms with Gasteiger partial charge in [0.2, 0.25) is 0 Å². The fourth-order valence-electron chi connectivity index (χ4n) is 1.63. The Morgan fingerprint density at radius 1 is 1.35 bits per heavy atom. The van der Waals surface area contributed by atoms with Crippen LogP contribution < -0.4 is 0 Å². The van der Waals surface area contributed by atoms with Crippen LogP contribution in [-0.4, -0.2) is 38.5 Å². The highest BCUT2D eigenvalue weighted by Gasteiger charge is 2.09. The van der Waals surface area contributed by atoms with E-state index in [0.29, 0.717) is 0 Å². The molecule has 0 radical (unpaired) electrons. The summed E-state index contributed by atoms with van der Waals surface area (Å²) < 4.78 is 7.28. The Morgan fingerprint density at radius 2 is 2.18 bits per heavy atom. The zero-order chi connectivity index (χ0) is 12.3. The summed E-state index contributed by atoms with van der Waals surface area (Å²) in [5, 5.41) is 9.21. The minimum absolute atomic E-state index is 0.731. The van der Waals surface area contributed by atoms with Gasteiger partial charge < -0.3 is 4.74 Å². The number of nitrogens with zero attached hydrogens (tertiary/aromatic N) is 4. The number of aromatic nitrogens is 4. The summed E-state index contributed by atoms with van der Waals surface area (Å²) in [4.78, 5) is 4.42. The van der Waals surface area contributed by atoms with E-state index in [2.05, 4.69) is 15.2 Å². The minimum Gasteiger partial charge on any atom is -0.381 e. The van der Waals surface area contributed by atoms with Gasteiger partial charge in [0.25, 0.3) is 0 Å². The molecule has 0 bridgehead atoms. The lowest BCUT2D eigenvalue weighted by molar-refractivity contribution is 0.164. The summed E-state index contributed by atoms with van der Waals surface area (Å²) in [5.41, 5.74) is 1.82. The van der Waals surface area contributed by atoms with Crippen LogP contribution in [0.25, 0.3) is 5.65 Å². The zero-order valence-electron chi connectivity index (χ0n) is 10.3. The number of fused-ring (bicyclic) bond motifs is 1. The second-order valence-electron chi connectivity index (χ2n) is 3.67. The van der Waals surface area contributed by atoms with E-state index in [1.807, 2.05) is 31.2 Å². The van der Waals surface area contributed by atoms with Crippen LogP contribution in [-0.2, 0) is 4.74 Å². The highest BCUT2D eigenvalue weighted by Crippen LogP contribution is 2.18. The van der Waals surface area contributed by atoms with Gasteiger partial charge in [0, 0.05) is 24.1 Å². The molecule has 6 heteroatoms. The van der Waals surface area contributed by atoms with Crippen molar-refractivity contribution in [3.8, 4) is 0 Å². The first kappa shape index (κ1) is 12.3. The summed E-state index contributed by atoms with van der Waals surface area (Å²) in [7, 11) is 0. The minimum atomic E-state index is 0.731. The molecule has 0 saturated carbocycles. The van der Waals surface area contributed by atoms with Crippen molar-refractivity contribution in [3.63, 3.8) is 0 Å². The molecule has 0 atom stereocenters. The number of hydrogen-bond donors (Lipinski definition) is 0. The van der Waals surface area contributed by atoms with E-state index in [0.717, 1.165) is 41.3 Å². The average Bonchev–Trinajstić information content (AvgIpc) is 2.68. The molecule has 0 aliphatic heterocycles. The van der Waals surface area contributed by atoms with E-state index in [9.17, 15) is 0 Å². The molecule has 2 aromatic heterocycles. The van der Waals surface area contributed by atoms with Gasteiger partial charge in [-0.3, -0.25) is 4.40 Å². The molecule has 17 heavy (non-hydrogen) atoms. The van der Waals surface area contributed by atoms with E-state index in [1.54, 1.807) is 11.8 Å². The standard InChI is InChI=1S/C11H16N4OS/c1-4-16-5-6-17-11-14-13-10-7-8(2)12-9(3)15(10)11/h7H,4-6H2,1-3H3. The Bertz CT molecular complexity index is 511. The van der Waals surface area contributed by atoms with Crippen molar-refractivity contribution in [2.24, 2.45) is 0 Å². The monoisotopic (exact) mass is 252 g/mol. The zero-order valence-corrected chi connectivity index (χ0v) is 11.1. The molecular formula is C11H16N4OS. The molecule has 0 amide bonds. The predicted octanol–water partition coefficient (Wildman–Crippen LogP) is 1.87. The maximum atomic E-state index is 5.30. The van der Waals surface area contributed by atoms with Crippen molar-refractivity contribution in [1.29, 1.82) is 0 Å². The quantitative estimate of drug-likeness (QED) is 0.600. The van der Waals surface area contributed by atoms with Gasteiger partial charge in [0.05, 0.1) is 6.61 Å². The summed E-state index contributed by atoms with van der Waals surface area (Å²) in [5.74, 6) is 1.80. The SMILES string of the molecule is CCOCCSc1nnc2cc(C)nc(C)n12. The first-order valence-corrected chi connectivity index (χ1v) is 6.61. The summed E-state index contributed by atoms with van der Waals surface area (Å²) in [6.07, 6.45) is 0. The fourth-order valence-corrected chi connectivity index (χ4v) is 2.47. The molecule has 0 aromatic carbocycles. The summed E-state index contributed by atoms with van der Waals surface area (Å²) in [6.45, 7) is 7.41. The van der Waals surface area contributed by atoms with Crippen LogP contribution in [0, 0.1) is 13.8 Å². The molecule has 5 nitrogen and oxygen atoms in total. The van der Waals surface area contributed by atoms with E-state index < -0.39 is 0 Å². The maximum Gasteiger partial charge on any atom is 0.197 e. The Balaban J connectivity index is 2.18. The highest BCUT2D eigenvalue weighted by atomic mass is 32.2. The van der Waals surface area contributed by atoms with Crippen molar-refractivity contribution in [2.75, 3.05) is 19.0 Å².